The van der Waals surface area contributed by atoms with Gasteiger partial charge in [0.25, 0.3) is 0 Å². The highest BCUT2D eigenvalue weighted by molar-refractivity contribution is 5.22. The third-order valence-corrected chi connectivity index (χ3v) is 3.43. The molecule has 1 N–H and O–H groups in total. The van der Waals surface area contributed by atoms with Crippen LogP contribution in [0.15, 0.2) is 11.1 Å². The van der Waals surface area contributed by atoms with Crippen LogP contribution in [0.5, 0.6) is 0 Å². The molecule has 1 unspecified atom stereocenters. The fourth-order valence-electron chi connectivity index (χ4n) is 1.69. The van der Waals surface area contributed by atoms with Crippen molar-refractivity contribution in [1.82, 2.24) is 10.2 Å². The van der Waals surface area contributed by atoms with Gasteiger partial charge in [0.05, 0.1) is 0 Å². The molecular formula is C12H24N2. The number of rotatable bonds is 4. The van der Waals surface area contributed by atoms with Gasteiger partial charge in [0.2, 0.25) is 0 Å². The topological polar surface area (TPSA) is 15.3 Å². The zero-order valence-corrected chi connectivity index (χ0v) is 10.2. The lowest BCUT2D eigenvalue weighted by Gasteiger charge is -2.30. The first-order chi connectivity index (χ1) is 6.52. The van der Waals surface area contributed by atoms with Gasteiger partial charge in [-0.3, -0.25) is 4.90 Å². The summed E-state index contributed by atoms with van der Waals surface area (Å²) in [6, 6.07) is 0.665. The summed E-state index contributed by atoms with van der Waals surface area (Å²) < 4.78 is 0. The van der Waals surface area contributed by atoms with E-state index in [0.717, 1.165) is 25.6 Å². The van der Waals surface area contributed by atoms with E-state index in [1.54, 1.807) is 11.1 Å². The number of likely N-dealkylation sites (N-methyl/N-ethyl adjacent to an activating group) is 1. The molecule has 82 valence electrons. The van der Waals surface area contributed by atoms with Gasteiger partial charge in [0, 0.05) is 25.7 Å². The van der Waals surface area contributed by atoms with E-state index in [4.69, 9.17) is 0 Å². The summed E-state index contributed by atoms with van der Waals surface area (Å²) in [6.07, 6.45) is 0. The Hall–Kier alpha value is -0.340. The SMILES string of the molecule is CC(CN(C)C(C)C(C)C)=C1CNC1. The Morgan fingerprint density at radius 3 is 2.29 bits per heavy atom. The Bertz CT molecular complexity index is 212. The van der Waals surface area contributed by atoms with Gasteiger partial charge in [-0.05, 0) is 32.4 Å². The molecule has 14 heavy (non-hydrogen) atoms. The van der Waals surface area contributed by atoms with Crippen molar-refractivity contribution < 1.29 is 0 Å². The Kier molecular flexibility index (Phi) is 4.14. The summed E-state index contributed by atoms with van der Waals surface area (Å²) in [5, 5.41) is 3.29. The smallest absolute Gasteiger partial charge is 0.0193 e. The van der Waals surface area contributed by atoms with E-state index in [2.05, 4.69) is 45.0 Å². The van der Waals surface area contributed by atoms with Crippen LogP contribution >= 0.6 is 0 Å². The van der Waals surface area contributed by atoms with Crippen LogP contribution in [-0.4, -0.2) is 37.6 Å². The zero-order valence-electron chi connectivity index (χ0n) is 10.2. The van der Waals surface area contributed by atoms with Crippen LogP contribution in [0.4, 0.5) is 0 Å². The minimum absolute atomic E-state index is 0.665. The molecule has 0 aromatic carbocycles. The van der Waals surface area contributed by atoms with E-state index in [9.17, 15) is 0 Å². The van der Waals surface area contributed by atoms with Crippen LogP contribution < -0.4 is 5.32 Å². The minimum atomic E-state index is 0.665. The van der Waals surface area contributed by atoms with Crippen LogP contribution in [0, 0.1) is 5.92 Å². The quantitative estimate of drug-likeness (QED) is 0.691. The van der Waals surface area contributed by atoms with Crippen LogP contribution in [-0.2, 0) is 0 Å². The van der Waals surface area contributed by atoms with Crippen LogP contribution in [0.1, 0.15) is 27.7 Å². The third kappa shape index (κ3) is 2.82. The van der Waals surface area contributed by atoms with Gasteiger partial charge in [0.1, 0.15) is 0 Å². The van der Waals surface area contributed by atoms with Gasteiger partial charge in [-0.2, -0.15) is 0 Å². The number of nitrogens with one attached hydrogen (secondary N) is 1. The molecule has 2 nitrogen and oxygen atoms in total. The molecule has 0 amide bonds. The van der Waals surface area contributed by atoms with Gasteiger partial charge >= 0.3 is 0 Å². The van der Waals surface area contributed by atoms with E-state index >= 15 is 0 Å². The first kappa shape index (κ1) is 11.7. The number of nitrogens with zero attached hydrogens (tertiary/aromatic N) is 1. The molecule has 1 atom stereocenters. The molecule has 1 fully saturated rings. The first-order valence-electron chi connectivity index (χ1n) is 5.60. The molecule has 0 aromatic rings. The monoisotopic (exact) mass is 196 g/mol. The van der Waals surface area contributed by atoms with Crippen molar-refractivity contribution in [3.05, 3.63) is 11.1 Å². The molecule has 1 saturated heterocycles. The highest BCUT2D eigenvalue weighted by Gasteiger charge is 2.16. The van der Waals surface area contributed by atoms with Crippen LogP contribution in [0.2, 0.25) is 0 Å². The van der Waals surface area contributed by atoms with E-state index in [1.165, 1.54) is 0 Å². The highest BCUT2D eigenvalue weighted by atomic mass is 15.1. The van der Waals surface area contributed by atoms with Crippen molar-refractivity contribution in [2.45, 2.75) is 33.7 Å². The van der Waals surface area contributed by atoms with E-state index < -0.39 is 0 Å². The second-order valence-corrected chi connectivity index (χ2v) is 4.89. The molecule has 0 aromatic heterocycles. The molecule has 0 aliphatic carbocycles. The third-order valence-electron chi connectivity index (χ3n) is 3.43. The predicted octanol–water partition coefficient (Wildman–Crippen LogP) is 1.88. The molecule has 1 rings (SSSR count). The van der Waals surface area contributed by atoms with E-state index in [1.807, 2.05) is 0 Å². The maximum Gasteiger partial charge on any atom is 0.0193 e. The van der Waals surface area contributed by atoms with E-state index in [-0.39, 0.29) is 0 Å². The van der Waals surface area contributed by atoms with Gasteiger partial charge in [-0.1, -0.05) is 19.4 Å². The molecule has 1 aliphatic rings. The summed E-state index contributed by atoms with van der Waals surface area (Å²) in [6.45, 7) is 12.5. The lowest BCUT2D eigenvalue weighted by atomic mass is 10.0. The van der Waals surface area contributed by atoms with Crippen molar-refractivity contribution in [1.29, 1.82) is 0 Å². The molecule has 1 aliphatic heterocycles. The zero-order chi connectivity index (χ0) is 10.7. The number of hydrogen-bond acceptors (Lipinski definition) is 2. The van der Waals surface area contributed by atoms with Gasteiger partial charge in [0.15, 0.2) is 0 Å². The largest absolute Gasteiger partial charge is 0.309 e. The lowest BCUT2D eigenvalue weighted by molar-refractivity contribution is 0.223. The number of hydrogen-bond donors (Lipinski definition) is 1. The Labute approximate surface area is 88.4 Å². The Morgan fingerprint density at radius 1 is 1.36 bits per heavy atom. The summed E-state index contributed by atoms with van der Waals surface area (Å²) in [7, 11) is 2.22. The lowest BCUT2D eigenvalue weighted by Crippen LogP contribution is -2.38. The average molecular weight is 196 g/mol. The summed E-state index contributed by atoms with van der Waals surface area (Å²) >= 11 is 0. The molecule has 2 heteroatoms. The Balaban J connectivity index is 2.43. The van der Waals surface area contributed by atoms with Crippen molar-refractivity contribution in [2.75, 3.05) is 26.7 Å². The van der Waals surface area contributed by atoms with Crippen molar-refractivity contribution in [2.24, 2.45) is 5.92 Å². The molecule has 0 radical (unpaired) electrons. The molecule has 0 bridgehead atoms. The van der Waals surface area contributed by atoms with Gasteiger partial charge in [-0.25, -0.2) is 0 Å². The molecule has 0 saturated carbocycles. The first-order valence-corrected chi connectivity index (χ1v) is 5.60. The summed E-state index contributed by atoms with van der Waals surface area (Å²) in [5.41, 5.74) is 3.16. The highest BCUT2D eigenvalue weighted by Crippen LogP contribution is 2.14. The second kappa shape index (κ2) is 4.94. The Morgan fingerprint density at radius 2 is 1.93 bits per heavy atom. The van der Waals surface area contributed by atoms with Gasteiger partial charge < -0.3 is 5.32 Å². The molecule has 1 heterocycles. The van der Waals surface area contributed by atoms with Crippen LogP contribution in [0.25, 0.3) is 0 Å². The fourth-order valence-corrected chi connectivity index (χ4v) is 1.69. The summed E-state index contributed by atoms with van der Waals surface area (Å²) in [5.74, 6) is 0.734. The minimum Gasteiger partial charge on any atom is -0.309 e. The van der Waals surface area contributed by atoms with Crippen molar-refractivity contribution in [3.8, 4) is 0 Å². The fraction of sp³-hybridized carbons (Fsp3) is 0.833. The van der Waals surface area contributed by atoms with Crippen molar-refractivity contribution in [3.63, 3.8) is 0 Å². The molecular weight excluding hydrogens is 172 g/mol. The van der Waals surface area contributed by atoms with Crippen LogP contribution in [0.3, 0.4) is 0 Å². The second-order valence-electron chi connectivity index (χ2n) is 4.89. The maximum absolute atomic E-state index is 3.29. The van der Waals surface area contributed by atoms with Crippen molar-refractivity contribution >= 4 is 0 Å². The van der Waals surface area contributed by atoms with E-state index in [0.29, 0.717) is 6.04 Å². The predicted molar refractivity (Wildman–Crippen MR) is 62.5 cm³/mol. The average Bonchev–Trinajstić information content (AvgIpc) is 1.98. The standard InChI is InChI=1S/C12H24N2/c1-9(2)11(4)14(5)8-10(3)12-6-13-7-12/h9,11,13H,6-8H2,1-5H3. The van der Waals surface area contributed by atoms with Gasteiger partial charge in [-0.15, -0.1) is 0 Å². The maximum atomic E-state index is 3.29. The normalized spacial score (nSPS) is 18.6. The summed E-state index contributed by atoms with van der Waals surface area (Å²) in [4.78, 5) is 2.45. The molecule has 0 spiro atoms.